The summed E-state index contributed by atoms with van der Waals surface area (Å²) in [5.74, 6) is -0.319. The summed E-state index contributed by atoms with van der Waals surface area (Å²) < 4.78 is 34.3. The highest BCUT2D eigenvalue weighted by Gasteiger charge is 2.32. The van der Waals surface area contributed by atoms with E-state index in [-0.39, 0.29) is 28.1 Å². The van der Waals surface area contributed by atoms with Gasteiger partial charge < -0.3 is 14.7 Å². The molecule has 0 saturated heterocycles. The van der Waals surface area contributed by atoms with Crippen LogP contribution in [0.5, 0.6) is 0 Å². The zero-order valence-corrected chi connectivity index (χ0v) is 24.5. The number of rotatable bonds is 11. The van der Waals surface area contributed by atoms with Crippen LogP contribution in [-0.4, -0.2) is 40.3 Å². The number of fused-ring (bicyclic) bond motifs is 1. The summed E-state index contributed by atoms with van der Waals surface area (Å²) in [6, 6.07) is 14.1. The maximum absolute atomic E-state index is 14.1. The number of hydrogen-bond donors (Lipinski definition) is 3. The van der Waals surface area contributed by atoms with Gasteiger partial charge in [0.15, 0.2) is 0 Å². The molecule has 1 atom stereocenters. The van der Waals surface area contributed by atoms with Crippen LogP contribution in [0.15, 0.2) is 83.7 Å². The lowest BCUT2D eigenvalue weighted by molar-refractivity contribution is 0.0589. The van der Waals surface area contributed by atoms with E-state index in [4.69, 9.17) is 11.6 Å². The highest BCUT2D eigenvalue weighted by atomic mass is 35.5. The van der Waals surface area contributed by atoms with Gasteiger partial charge >= 0.3 is 0 Å². The second-order valence-corrected chi connectivity index (χ2v) is 13.1. The fourth-order valence-corrected chi connectivity index (χ4v) is 6.55. The van der Waals surface area contributed by atoms with Crippen molar-refractivity contribution >= 4 is 45.4 Å². The number of anilines is 1. The number of sulfonamides is 1. The predicted molar refractivity (Wildman–Crippen MR) is 158 cm³/mol. The highest BCUT2D eigenvalue weighted by Crippen LogP contribution is 2.35. The normalized spacial score (nSPS) is 15.7. The largest absolute Gasteiger partial charge is 0.390 e. The number of aliphatic hydroxyl groups is 1. The minimum atomic E-state index is -4.06. The Kier molecular flexibility index (Phi) is 9.00. The SMILES string of the molecule is CC(CCCC(C)(C)O)N(Cc1ccccc1)C(=O)c1ccc(Cl)cc1NS(=O)(=O)C1=CC=CN2SNC=C12. The number of benzene rings is 2. The lowest BCUT2D eigenvalue weighted by Gasteiger charge is -2.31. The average molecular weight is 589 g/mol. The molecule has 208 valence electrons. The molecule has 0 spiro atoms. The fraction of sp³-hybridized carbons (Fsp3) is 0.321. The van der Waals surface area contributed by atoms with Gasteiger partial charge in [0.05, 0.1) is 34.7 Å². The number of halogens is 1. The number of carbonyl (C=O) groups excluding carboxylic acids is 1. The van der Waals surface area contributed by atoms with Gasteiger partial charge in [-0.15, -0.1) is 0 Å². The van der Waals surface area contributed by atoms with E-state index in [1.165, 1.54) is 24.3 Å². The molecule has 4 rings (SSSR count). The molecule has 2 aromatic carbocycles. The number of carbonyl (C=O) groups is 1. The van der Waals surface area contributed by atoms with E-state index < -0.39 is 15.6 Å². The van der Waals surface area contributed by atoms with Gasteiger partial charge in [0.1, 0.15) is 4.91 Å². The van der Waals surface area contributed by atoms with Crippen LogP contribution in [0.2, 0.25) is 5.02 Å². The maximum atomic E-state index is 14.1. The van der Waals surface area contributed by atoms with Gasteiger partial charge in [0, 0.05) is 30.0 Å². The van der Waals surface area contributed by atoms with Gasteiger partial charge in [-0.1, -0.05) is 41.9 Å². The number of hydrogen-bond acceptors (Lipinski definition) is 7. The molecule has 0 radical (unpaired) electrons. The van der Waals surface area contributed by atoms with E-state index in [9.17, 15) is 18.3 Å². The summed E-state index contributed by atoms with van der Waals surface area (Å²) in [6.07, 6.45) is 8.52. The topological polar surface area (TPSA) is 102 Å². The molecular formula is C28H33ClN4O4S2. The summed E-state index contributed by atoms with van der Waals surface area (Å²) in [6.45, 7) is 5.85. The third-order valence-electron chi connectivity index (χ3n) is 6.45. The predicted octanol–water partition coefficient (Wildman–Crippen LogP) is 5.77. The van der Waals surface area contributed by atoms with Crippen molar-refractivity contribution in [2.75, 3.05) is 4.72 Å². The Morgan fingerprint density at radius 2 is 1.97 bits per heavy atom. The maximum Gasteiger partial charge on any atom is 0.264 e. The number of nitrogens with one attached hydrogen (secondary N) is 2. The molecule has 39 heavy (non-hydrogen) atoms. The van der Waals surface area contributed by atoms with Crippen LogP contribution in [0, 0.1) is 0 Å². The first kappa shape index (κ1) is 29.1. The Morgan fingerprint density at radius 1 is 1.23 bits per heavy atom. The van der Waals surface area contributed by atoms with Crippen LogP contribution in [0.3, 0.4) is 0 Å². The monoisotopic (exact) mass is 588 g/mol. The van der Waals surface area contributed by atoms with Crippen molar-refractivity contribution in [2.45, 2.75) is 58.2 Å². The van der Waals surface area contributed by atoms with E-state index in [0.29, 0.717) is 30.1 Å². The van der Waals surface area contributed by atoms with Gasteiger partial charge in [0.2, 0.25) is 0 Å². The number of nitrogens with zero attached hydrogens (tertiary/aromatic N) is 2. The lowest BCUT2D eigenvalue weighted by Crippen LogP contribution is -2.39. The second-order valence-electron chi connectivity index (χ2n) is 10.2. The quantitative estimate of drug-likeness (QED) is 0.286. The molecule has 2 aliphatic rings. The van der Waals surface area contributed by atoms with Crippen molar-refractivity contribution in [3.63, 3.8) is 0 Å². The Balaban J connectivity index is 1.64. The fourth-order valence-electron chi connectivity index (χ4n) is 4.40. The van der Waals surface area contributed by atoms with E-state index in [2.05, 4.69) is 9.44 Å². The Hall–Kier alpha value is -2.92. The number of amides is 1. The highest BCUT2D eigenvalue weighted by molar-refractivity contribution is 7.97. The van der Waals surface area contributed by atoms with Crippen LogP contribution in [0.4, 0.5) is 5.69 Å². The Morgan fingerprint density at radius 3 is 2.69 bits per heavy atom. The minimum Gasteiger partial charge on any atom is -0.390 e. The second kappa shape index (κ2) is 12.1. The molecule has 2 aromatic rings. The van der Waals surface area contributed by atoms with Crippen LogP contribution in [-0.2, 0) is 16.6 Å². The zero-order chi connectivity index (χ0) is 28.2. The lowest BCUT2D eigenvalue weighted by atomic mass is 9.98. The van der Waals surface area contributed by atoms with Gasteiger partial charge in [-0.2, -0.15) is 0 Å². The minimum absolute atomic E-state index is 0.0713. The summed E-state index contributed by atoms with van der Waals surface area (Å²) in [5, 5.41) is 10.4. The van der Waals surface area contributed by atoms with Crippen LogP contribution in [0.25, 0.3) is 0 Å². The molecule has 0 saturated carbocycles. The summed E-state index contributed by atoms with van der Waals surface area (Å²) in [4.78, 5) is 15.9. The number of allylic oxidation sites excluding steroid dienone is 2. The molecule has 3 N–H and O–H groups in total. The van der Waals surface area contributed by atoms with Gasteiger partial charge in [-0.3, -0.25) is 13.8 Å². The van der Waals surface area contributed by atoms with E-state index in [0.717, 1.165) is 12.0 Å². The first-order valence-corrected chi connectivity index (χ1v) is 15.3. The van der Waals surface area contributed by atoms with Crippen molar-refractivity contribution in [1.29, 1.82) is 0 Å². The molecule has 1 amide bonds. The first-order chi connectivity index (χ1) is 18.4. The van der Waals surface area contributed by atoms with Gasteiger partial charge in [-0.05, 0) is 75.9 Å². The van der Waals surface area contributed by atoms with Gasteiger partial charge in [0.25, 0.3) is 15.9 Å². The molecule has 2 heterocycles. The average Bonchev–Trinajstić information content (AvgIpc) is 3.35. The molecule has 0 aliphatic carbocycles. The zero-order valence-electron chi connectivity index (χ0n) is 22.1. The van der Waals surface area contributed by atoms with E-state index >= 15 is 0 Å². The smallest absolute Gasteiger partial charge is 0.264 e. The Labute approximate surface area is 239 Å². The van der Waals surface area contributed by atoms with Crippen molar-refractivity contribution in [3.05, 3.63) is 99.8 Å². The van der Waals surface area contributed by atoms with Crippen molar-refractivity contribution in [2.24, 2.45) is 0 Å². The molecule has 8 nitrogen and oxygen atoms in total. The van der Waals surface area contributed by atoms with E-state index in [1.807, 2.05) is 37.3 Å². The summed E-state index contributed by atoms with van der Waals surface area (Å²) in [5.41, 5.74) is 0.946. The third-order valence-corrected chi connectivity index (χ3v) is 8.84. The van der Waals surface area contributed by atoms with Crippen molar-refractivity contribution < 1.29 is 18.3 Å². The third kappa shape index (κ3) is 7.39. The van der Waals surface area contributed by atoms with Crippen LogP contribution in [0.1, 0.15) is 56.0 Å². The molecule has 0 fully saturated rings. The first-order valence-electron chi connectivity index (χ1n) is 12.6. The molecule has 11 heteroatoms. The molecule has 0 aromatic heterocycles. The van der Waals surface area contributed by atoms with E-state index in [1.54, 1.807) is 53.7 Å². The molecular weight excluding hydrogens is 556 g/mol. The molecule has 0 bridgehead atoms. The van der Waals surface area contributed by atoms with Gasteiger partial charge in [-0.25, -0.2) is 8.42 Å². The van der Waals surface area contributed by atoms with Crippen molar-refractivity contribution in [1.82, 2.24) is 13.9 Å². The van der Waals surface area contributed by atoms with Crippen molar-refractivity contribution in [3.8, 4) is 0 Å². The van der Waals surface area contributed by atoms with Crippen LogP contribution >= 0.6 is 23.7 Å². The standard InChI is InChI=1S/C28H33ClN4O4S2/c1-20(9-7-15-28(2,3)35)32(19-21-10-5-4-6-11-21)27(34)23-14-13-22(29)17-24(23)31-39(36,37)26-12-8-16-33-25(26)18-30-38-33/h4-6,8,10-14,16-18,20,30-31,35H,7,9,15,19H2,1-3H3. The Bertz CT molecular complexity index is 1400. The summed E-state index contributed by atoms with van der Waals surface area (Å²) in [7, 11) is -4.06. The summed E-state index contributed by atoms with van der Waals surface area (Å²) >= 11 is 7.52. The molecule has 1 unspecified atom stereocenters. The molecule has 2 aliphatic heterocycles. The van der Waals surface area contributed by atoms with Crippen LogP contribution < -0.4 is 9.44 Å².